The summed E-state index contributed by atoms with van der Waals surface area (Å²) >= 11 is 1.27. The number of esters is 1. The summed E-state index contributed by atoms with van der Waals surface area (Å²) in [5, 5.41) is 7.19. The van der Waals surface area contributed by atoms with Crippen molar-refractivity contribution in [1.82, 2.24) is 5.32 Å². The highest BCUT2D eigenvalue weighted by Gasteiger charge is 2.29. The van der Waals surface area contributed by atoms with Crippen molar-refractivity contribution < 1.29 is 23.9 Å². The Morgan fingerprint density at radius 3 is 2.66 bits per heavy atom. The number of benzene rings is 1. The summed E-state index contributed by atoms with van der Waals surface area (Å²) in [6, 6.07) is 7.46. The molecule has 0 bridgehead atoms. The molecule has 7 nitrogen and oxygen atoms in total. The third kappa shape index (κ3) is 4.54. The van der Waals surface area contributed by atoms with E-state index < -0.39 is 18.6 Å². The largest absolute Gasteiger partial charge is 0.456 e. The molecule has 0 aliphatic carbocycles. The molecule has 0 saturated heterocycles. The van der Waals surface area contributed by atoms with Gasteiger partial charge in [0.1, 0.15) is 6.04 Å². The summed E-state index contributed by atoms with van der Waals surface area (Å²) in [4.78, 5) is 49.4. The number of hydrogen-bond acceptors (Lipinski definition) is 6. The molecule has 0 radical (unpaired) electrons. The van der Waals surface area contributed by atoms with Crippen molar-refractivity contribution in [3.05, 3.63) is 51.7 Å². The molecule has 29 heavy (non-hydrogen) atoms. The number of Topliss-reactive ketones (excluding diaryl/α,β-unsaturated/α-hetero) is 1. The van der Waals surface area contributed by atoms with Crippen LogP contribution in [0.3, 0.4) is 0 Å². The highest BCUT2D eigenvalue weighted by Crippen LogP contribution is 2.32. The minimum Gasteiger partial charge on any atom is -0.456 e. The Labute approximate surface area is 172 Å². The van der Waals surface area contributed by atoms with E-state index in [0.717, 1.165) is 5.56 Å². The van der Waals surface area contributed by atoms with Crippen molar-refractivity contribution in [2.75, 3.05) is 11.9 Å². The third-order valence-electron chi connectivity index (χ3n) is 4.79. The van der Waals surface area contributed by atoms with Crippen LogP contribution >= 0.6 is 11.3 Å². The summed E-state index contributed by atoms with van der Waals surface area (Å²) in [7, 11) is 0. The molecule has 1 aromatic carbocycles. The van der Waals surface area contributed by atoms with Gasteiger partial charge in [-0.1, -0.05) is 19.9 Å². The molecule has 0 unspecified atom stereocenters. The lowest BCUT2D eigenvalue weighted by atomic mass is 9.99. The van der Waals surface area contributed by atoms with Crippen molar-refractivity contribution >= 4 is 40.6 Å². The molecule has 0 spiro atoms. The molecule has 0 fully saturated rings. The van der Waals surface area contributed by atoms with Crippen molar-refractivity contribution in [3.8, 4) is 0 Å². The normalized spacial score (nSPS) is 16.1. The molecule has 0 saturated carbocycles. The Morgan fingerprint density at radius 1 is 1.24 bits per heavy atom. The fourth-order valence-electron chi connectivity index (χ4n) is 3.02. The standard InChI is InChI=1S/C21H22N2O5S/c1-11(2)18(23-20(26)17-5-4-8-29-17)21(27)28-10-16(24)13-6-7-15-14(9-13)12(3)19(25)22-15/h4-9,11-12,18H,10H2,1-3H3,(H,22,25)(H,23,26)/t12-,18+/m1/s1. The Bertz CT molecular complexity index is 952. The first-order chi connectivity index (χ1) is 13.8. The number of nitrogens with one attached hydrogen (secondary N) is 2. The third-order valence-corrected chi connectivity index (χ3v) is 5.66. The lowest BCUT2D eigenvalue weighted by Gasteiger charge is -2.20. The molecule has 8 heteroatoms. The number of fused-ring (bicyclic) bond motifs is 1. The average Bonchev–Trinajstić information content (AvgIpc) is 3.32. The molecule has 2 atom stereocenters. The van der Waals surface area contributed by atoms with E-state index in [1.165, 1.54) is 11.3 Å². The van der Waals surface area contributed by atoms with Crippen LogP contribution in [0, 0.1) is 5.92 Å². The molecule has 1 aliphatic heterocycles. The molecule has 2 amide bonds. The van der Waals surface area contributed by atoms with E-state index in [2.05, 4.69) is 10.6 Å². The van der Waals surface area contributed by atoms with Crippen LogP contribution in [-0.4, -0.2) is 36.2 Å². The number of carbonyl (C=O) groups excluding carboxylic acids is 4. The second-order valence-corrected chi connectivity index (χ2v) is 8.16. The van der Waals surface area contributed by atoms with Gasteiger partial charge < -0.3 is 15.4 Å². The number of thiophene rings is 1. The molecule has 1 aromatic heterocycles. The molecule has 152 valence electrons. The minimum absolute atomic E-state index is 0.114. The highest BCUT2D eigenvalue weighted by molar-refractivity contribution is 7.12. The zero-order valence-electron chi connectivity index (χ0n) is 16.4. The van der Waals surface area contributed by atoms with Crippen LogP contribution in [0.1, 0.15) is 52.3 Å². The van der Waals surface area contributed by atoms with Gasteiger partial charge in [-0.15, -0.1) is 11.3 Å². The first kappa shape index (κ1) is 20.7. The van der Waals surface area contributed by atoms with Gasteiger partial charge >= 0.3 is 5.97 Å². The number of anilines is 1. The maximum Gasteiger partial charge on any atom is 0.329 e. The van der Waals surface area contributed by atoms with Gasteiger partial charge in [0.2, 0.25) is 5.91 Å². The Kier molecular flexibility index (Phi) is 6.12. The first-order valence-corrected chi connectivity index (χ1v) is 10.1. The van der Waals surface area contributed by atoms with E-state index in [9.17, 15) is 19.2 Å². The number of ether oxygens (including phenoxy) is 1. The molecule has 2 heterocycles. The lowest BCUT2D eigenvalue weighted by molar-refractivity contribution is -0.146. The molecular formula is C21H22N2O5S. The van der Waals surface area contributed by atoms with E-state index >= 15 is 0 Å². The fraction of sp³-hybridized carbons (Fsp3) is 0.333. The smallest absolute Gasteiger partial charge is 0.329 e. The molecule has 1 aliphatic rings. The topological polar surface area (TPSA) is 102 Å². The van der Waals surface area contributed by atoms with Gasteiger partial charge in [-0.25, -0.2) is 4.79 Å². The SMILES string of the molecule is CC(C)[C@H](NC(=O)c1cccs1)C(=O)OCC(=O)c1ccc2c(c1)[C@@H](C)C(=O)N2. The predicted octanol–water partition coefficient (Wildman–Crippen LogP) is 2.98. The Morgan fingerprint density at radius 2 is 2.00 bits per heavy atom. The second-order valence-electron chi connectivity index (χ2n) is 7.22. The molecule has 2 N–H and O–H groups in total. The van der Waals surface area contributed by atoms with Crippen molar-refractivity contribution in [3.63, 3.8) is 0 Å². The quantitative estimate of drug-likeness (QED) is 0.536. The van der Waals surface area contributed by atoms with Crippen LogP contribution in [0.15, 0.2) is 35.7 Å². The van der Waals surface area contributed by atoms with E-state index in [-0.39, 0.29) is 29.4 Å². The van der Waals surface area contributed by atoms with Gasteiger partial charge in [0.05, 0.1) is 10.8 Å². The number of hydrogen-bond donors (Lipinski definition) is 2. The monoisotopic (exact) mass is 414 g/mol. The Balaban J connectivity index is 1.62. The fourth-order valence-corrected chi connectivity index (χ4v) is 3.64. The molecule has 3 rings (SSSR count). The van der Waals surface area contributed by atoms with Gasteiger partial charge in [-0.3, -0.25) is 14.4 Å². The number of ketones is 1. The summed E-state index contributed by atoms with van der Waals surface area (Å²) < 4.78 is 5.18. The van der Waals surface area contributed by atoms with E-state index in [0.29, 0.717) is 16.1 Å². The second kappa shape index (κ2) is 8.57. The van der Waals surface area contributed by atoms with Crippen molar-refractivity contribution in [2.24, 2.45) is 5.92 Å². The number of amides is 2. The minimum atomic E-state index is -0.862. The predicted molar refractivity (Wildman–Crippen MR) is 109 cm³/mol. The zero-order valence-corrected chi connectivity index (χ0v) is 17.2. The van der Waals surface area contributed by atoms with Gasteiger partial charge in [-0.2, -0.15) is 0 Å². The van der Waals surface area contributed by atoms with E-state index in [1.807, 2.05) is 0 Å². The zero-order chi connectivity index (χ0) is 21.1. The highest BCUT2D eigenvalue weighted by atomic mass is 32.1. The van der Waals surface area contributed by atoms with Crippen LogP contribution in [0.4, 0.5) is 5.69 Å². The molecule has 2 aromatic rings. The maximum atomic E-state index is 12.5. The van der Waals surface area contributed by atoms with Gasteiger partial charge in [0.25, 0.3) is 5.91 Å². The van der Waals surface area contributed by atoms with E-state index in [4.69, 9.17) is 4.74 Å². The van der Waals surface area contributed by atoms with Crippen LogP contribution in [0.2, 0.25) is 0 Å². The summed E-state index contributed by atoms with van der Waals surface area (Å²) in [5.41, 5.74) is 1.80. The van der Waals surface area contributed by atoms with Crippen molar-refractivity contribution in [2.45, 2.75) is 32.7 Å². The number of carbonyl (C=O) groups is 4. The first-order valence-electron chi connectivity index (χ1n) is 9.27. The van der Waals surface area contributed by atoms with Gasteiger partial charge in [0, 0.05) is 11.3 Å². The van der Waals surface area contributed by atoms with Gasteiger partial charge in [-0.05, 0) is 48.1 Å². The lowest BCUT2D eigenvalue weighted by Crippen LogP contribution is -2.45. The maximum absolute atomic E-state index is 12.5. The van der Waals surface area contributed by atoms with Gasteiger partial charge in [0.15, 0.2) is 12.4 Å². The van der Waals surface area contributed by atoms with Crippen LogP contribution < -0.4 is 10.6 Å². The summed E-state index contributed by atoms with van der Waals surface area (Å²) in [5.74, 6) is -2.05. The summed E-state index contributed by atoms with van der Waals surface area (Å²) in [6.45, 7) is 4.90. The van der Waals surface area contributed by atoms with Crippen LogP contribution in [0.25, 0.3) is 0 Å². The van der Waals surface area contributed by atoms with Crippen LogP contribution in [0.5, 0.6) is 0 Å². The average molecular weight is 414 g/mol. The van der Waals surface area contributed by atoms with Crippen LogP contribution in [-0.2, 0) is 14.3 Å². The Hall–Kier alpha value is -3.00. The van der Waals surface area contributed by atoms with E-state index in [1.54, 1.807) is 56.5 Å². The summed E-state index contributed by atoms with van der Waals surface area (Å²) in [6.07, 6.45) is 0. The van der Waals surface area contributed by atoms with Crippen molar-refractivity contribution in [1.29, 1.82) is 0 Å². The number of rotatable bonds is 7. The molecular weight excluding hydrogens is 392 g/mol.